The number of halogens is 3. The summed E-state index contributed by atoms with van der Waals surface area (Å²) in [6.07, 6.45) is 0.450. The Morgan fingerprint density at radius 1 is 0.907 bits per heavy atom. The third-order valence-corrected chi connectivity index (χ3v) is 9.46. The molecule has 0 aromatic heterocycles. The van der Waals surface area contributed by atoms with Crippen molar-refractivity contribution in [1.82, 2.24) is 10.2 Å². The summed E-state index contributed by atoms with van der Waals surface area (Å²) in [4.78, 5) is 28.4. The highest BCUT2D eigenvalue weighted by Crippen LogP contribution is 2.33. The summed E-state index contributed by atoms with van der Waals surface area (Å²) in [5.74, 6) is -1.07. The predicted molar refractivity (Wildman–Crippen MR) is 159 cm³/mol. The zero-order valence-electron chi connectivity index (χ0n) is 24.0. The summed E-state index contributed by atoms with van der Waals surface area (Å²) in [5.41, 5.74) is -0.451. The van der Waals surface area contributed by atoms with E-state index in [0.717, 1.165) is 49.8 Å². The van der Waals surface area contributed by atoms with Gasteiger partial charge < -0.3 is 10.2 Å². The molecule has 0 saturated heterocycles. The molecule has 4 rings (SSSR count). The van der Waals surface area contributed by atoms with Crippen LogP contribution in [0.2, 0.25) is 0 Å². The van der Waals surface area contributed by atoms with Crippen LogP contribution in [0.25, 0.3) is 0 Å². The standard InChI is InChI=1S/C32H36F3N3O4S/c1-24(31(40)36-27-15-7-3-8-16-27)37(21-20-25-12-5-2-6-13-25)30(39)23-38(43(41,42)29-18-9-4-10-19-29)28-17-11-14-26(22-28)32(33,34)35/h2,4-6,9-14,17-19,22,24,27H,3,7-8,15-16,20-21,23H2,1H3,(H,36,40)/t24-/m0/s1. The fraction of sp³-hybridized carbons (Fsp3) is 0.375. The van der Waals surface area contributed by atoms with Crippen LogP contribution in [0.4, 0.5) is 18.9 Å². The van der Waals surface area contributed by atoms with Gasteiger partial charge in [-0.2, -0.15) is 13.2 Å². The van der Waals surface area contributed by atoms with Gasteiger partial charge in [0.1, 0.15) is 12.6 Å². The molecule has 1 saturated carbocycles. The molecule has 1 fully saturated rings. The highest BCUT2D eigenvalue weighted by Gasteiger charge is 2.35. The van der Waals surface area contributed by atoms with Crippen LogP contribution in [0, 0.1) is 0 Å². The molecule has 230 valence electrons. The van der Waals surface area contributed by atoms with E-state index in [1.165, 1.54) is 35.2 Å². The first-order chi connectivity index (χ1) is 20.5. The van der Waals surface area contributed by atoms with Crippen molar-refractivity contribution in [3.05, 3.63) is 96.1 Å². The van der Waals surface area contributed by atoms with Crippen molar-refractivity contribution < 1.29 is 31.2 Å². The number of carbonyl (C=O) groups is 2. The van der Waals surface area contributed by atoms with Crippen LogP contribution in [0.15, 0.2) is 89.8 Å². The minimum atomic E-state index is -4.73. The molecule has 0 unspecified atom stereocenters. The average Bonchev–Trinajstić information content (AvgIpc) is 3.01. The zero-order chi connectivity index (χ0) is 31.0. The highest BCUT2D eigenvalue weighted by atomic mass is 32.2. The molecule has 1 N–H and O–H groups in total. The van der Waals surface area contributed by atoms with E-state index in [1.807, 2.05) is 30.3 Å². The smallest absolute Gasteiger partial charge is 0.352 e. The van der Waals surface area contributed by atoms with Gasteiger partial charge in [-0.05, 0) is 62.1 Å². The maximum absolute atomic E-state index is 14.0. The number of hydrogen-bond donors (Lipinski definition) is 1. The molecule has 0 spiro atoms. The second-order valence-electron chi connectivity index (χ2n) is 10.7. The van der Waals surface area contributed by atoms with E-state index in [0.29, 0.717) is 16.8 Å². The van der Waals surface area contributed by atoms with Crippen molar-refractivity contribution in [2.75, 3.05) is 17.4 Å². The predicted octanol–water partition coefficient (Wildman–Crippen LogP) is 5.81. The quantitative estimate of drug-likeness (QED) is 0.295. The van der Waals surface area contributed by atoms with E-state index in [1.54, 1.807) is 13.0 Å². The number of rotatable bonds is 11. The number of sulfonamides is 1. The third-order valence-electron chi connectivity index (χ3n) is 7.67. The van der Waals surface area contributed by atoms with Crippen molar-refractivity contribution in [2.24, 2.45) is 0 Å². The summed E-state index contributed by atoms with van der Waals surface area (Å²) in [7, 11) is -4.46. The van der Waals surface area contributed by atoms with E-state index in [-0.39, 0.29) is 29.1 Å². The number of carbonyl (C=O) groups excluding carboxylic acids is 2. The topological polar surface area (TPSA) is 86.8 Å². The number of anilines is 1. The Morgan fingerprint density at radius 3 is 2.16 bits per heavy atom. The molecule has 0 bridgehead atoms. The van der Waals surface area contributed by atoms with Crippen LogP contribution in [0.3, 0.4) is 0 Å². The number of benzene rings is 3. The Labute approximate surface area is 250 Å². The van der Waals surface area contributed by atoms with Crippen molar-refractivity contribution in [3.8, 4) is 0 Å². The second kappa shape index (κ2) is 14.1. The first-order valence-electron chi connectivity index (χ1n) is 14.4. The first kappa shape index (κ1) is 32.1. The molecule has 3 aromatic rings. The molecule has 43 heavy (non-hydrogen) atoms. The lowest BCUT2D eigenvalue weighted by molar-refractivity contribution is -0.139. The fourth-order valence-corrected chi connectivity index (χ4v) is 6.65. The van der Waals surface area contributed by atoms with Gasteiger partial charge in [-0.1, -0.05) is 73.9 Å². The molecule has 3 aromatic carbocycles. The molecule has 2 amide bonds. The van der Waals surface area contributed by atoms with Gasteiger partial charge in [-0.15, -0.1) is 0 Å². The minimum Gasteiger partial charge on any atom is -0.352 e. The Balaban J connectivity index is 1.67. The lowest BCUT2D eigenvalue weighted by Crippen LogP contribution is -2.53. The molecule has 1 aliphatic carbocycles. The van der Waals surface area contributed by atoms with E-state index in [4.69, 9.17) is 0 Å². The summed E-state index contributed by atoms with van der Waals surface area (Å²) in [6, 6.07) is 19.4. The van der Waals surface area contributed by atoms with Crippen LogP contribution in [0.1, 0.15) is 50.2 Å². The van der Waals surface area contributed by atoms with Crippen LogP contribution >= 0.6 is 0 Å². The summed E-state index contributed by atoms with van der Waals surface area (Å²) < 4.78 is 69.1. The molecule has 7 nitrogen and oxygen atoms in total. The number of nitrogens with zero attached hydrogens (tertiary/aromatic N) is 2. The van der Waals surface area contributed by atoms with Crippen LogP contribution in [-0.4, -0.2) is 50.3 Å². The Bertz CT molecular complexity index is 1480. The van der Waals surface area contributed by atoms with Crippen molar-refractivity contribution in [2.45, 2.75) is 68.6 Å². The minimum absolute atomic E-state index is 0.00478. The van der Waals surface area contributed by atoms with Crippen LogP contribution < -0.4 is 9.62 Å². The van der Waals surface area contributed by atoms with E-state index in [2.05, 4.69) is 5.32 Å². The normalized spacial score (nSPS) is 15.0. The number of amides is 2. The summed E-state index contributed by atoms with van der Waals surface area (Å²) in [6.45, 7) is 0.889. The molecular formula is C32H36F3N3O4S. The van der Waals surface area contributed by atoms with Crippen LogP contribution in [-0.2, 0) is 32.2 Å². The number of hydrogen-bond acceptors (Lipinski definition) is 4. The summed E-state index contributed by atoms with van der Waals surface area (Å²) in [5, 5.41) is 3.03. The van der Waals surface area contributed by atoms with Gasteiger partial charge in [-0.3, -0.25) is 13.9 Å². The molecular weight excluding hydrogens is 579 g/mol. The lowest BCUT2D eigenvalue weighted by Gasteiger charge is -2.33. The zero-order valence-corrected chi connectivity index (χ0v) is 24.8. The molecule has 11 heteroatoms. The van der Waals surface area contributed by atoms with Gasteiger partial charge >= 0.3 is 6.18 Å². The monoisotopic (exact) mass is 615 g/mol. The Hall–Kier alpha value is -3.86. The SMILES string of the molecule is C[C@@H](C(=O)NC1CCCCC1)N(CCc1ccccc1)C(=O)CN(c1cccc(C(F)(F)F)c1)S(=O)(=O)c1ccccc1. The highest BCUT2D eigenvalue weighted by molar-refractivity contribution is 7.92. The van der Waals surface area contributed by atoms with E-state index >= 15 is 0 Å². The van der Waals surface area contributed by atoms with Gasteiger partial charge in [0.25, 0.3) is 10.0 Å². The number of alkyl halides is 3. The molecule has 1 atom stereocenters. The summed E-state index contributed by atoms with van der Waals surface area (Å²) >= 11 is 0. The third kappa shape index (κ3) is 8.37. The largest absolute Gasteiger partial charge is 0.416 e. The van der Waals surface area contributed by atoms with Gasteiger partial charge in [-0.25, -0.2) is 8.42 Å². The van der Waals surface area contributed by atoms with Gasteiger partial charge in [0.05, 0.1) is 16.1 Å². The first-order valence-corrected chi connectivity index (χ1v) is 15.8. The number of nitrogens with one attached hydrogen (secondary N) is 1. The van der Waals surface area contributed by atoms with Crippen molar-refractivity contribution >= 4 is 27.5 Å². The molecule has 0 heterocycles. The molecule has 1 aliphatic rings. The molecule has 0 radical (unpaired) electrons. The van der Waals surface area contributed by atoms with Crippen LogP contribution in [0.5, 0.6) is 0 Å². The average molecular weight is 616 g/mol. The van der Waals surface area contributed by atoms with E-state index in [9.17, 15) is 31.2 Å². The maximum atomic E-state index is 14.0. The Kier molecular flexibility index (Phi) is 10.5. The second-order valence-corrected chi connectivity index (χ2v) is 12.6. The van der Waals surface area contributed by atoms with Gasteiger partial charge in [0.15, 0.2) is 0 Å². The van der Waals surface area contributed by atoms with Crippen molar-refractivity contribution in [1.29, 1.82) is 0 Å². The lowest BCUT2D eigenvalue weighted by atomic mass is 9.95. The van der Waals surface area contributed by atoms with Crippen molar-refractivity contribution in [3.63, 3.8) is 0 Å². The van der Waals surface area contributed by atoms with Gasteiger partial charge in [0.2, 0.25) is 11.8 Å². The molecule has 0 aliphatic heterocycles. The van der Waals surface area contributed by atoms with Gasteiger partial charge in [0, 0.05) is 12.6 Å². The maximum Gasteiger partial charge on any atom is 0.416 e. The van der Waals surface area contributed by atoms with E-state index < -0.39 is 40.3 Å². The fourth-order valence-electron chi connectivity index (χ4n) is 5.22. The Morgan fingerprint density at radius 2 is 1.53 bits per heavy atom.